The van der Waals surface area contributed by atoms with Gasteiger partial charge in [-0.3, -0.25) is 33.7 Å². The normalized spacial score (nSPS) is 16.9. The second-order valence-electron chi connectivity index (χ2n) is 12.9. The third kappa shape index (κ3) is 9.50. The predicted octanol–water partition coefficient (Wildman–Crippen LogP) is 3.16. The Balaban J connectivity index is 1.18. The Hall–Kier alpha value is -4.58. The molecule has 1 aliphatic heterocycles. The number of rotatable bonds is 13. The molecule has 5 rings (SSSR count). The molecule has 2 fully saturated rings. The van der Waals surface area contributed by atoms with Gasteiger partial charge >= 0.3 is 0 Å². The zero-order chi connectivity index (χ0) is 33.9. The molecule has 256 valence electrons. The molecule has 4 amide bonds. The second kappa shape index (κ2) is 17.0. The summed E-state index contributed by atoms with van der Waals surface area (Å²) in [5.41, 5.74) is 3.11. The topological polar surface area (TPSA) is 142 Å². The molecular weight excluding hydrogens is 608 g/mol. The Labute approximate surface area is 282 Å². The van der Waals surface area contributed by atoms with Crippen molar-refractivity contribution in [1.29, 1.82) is 0 Å². The summed E-state index contributed by atoms with van der Waals surface area (Å²) < 4.78 is 1.52. The van der Waals surface area contributed by atoms with Gasteiger partial charge in [-0.25, -0.2) is 0 Å². The molecule has 1 saturated heterocycles. The number of hydrogen-bond acceptors (Lipinski definition) is 7. The number of nitrogens with zero attached hydrogens (tertiary/aromatic N) is 5. The van der Waals surface area contributed by atoms with E-state index in [9.17, 15) is 19.2 Å². The Morgan fingerprint density at radius 2 is 1.67 bits per heavy atom. The molecule has 12 heteroatoms. The molecule has 1 unspecified atom stereocenters. The van der Waals surface area contributed by atoms with Crippen LogP contribution in [0.15, 0.2) is 61.1 Å². The minimum absolute atomic E-state index is 0.0845. The van der Waals surface area contributed by atoms with Gasteiger partial charge in [0.15, 0.2) is 0 Å². The van der Waals surface area contributed by atoms with Gasteiger partial charge < -0.3 is 20.9 Å². The van der Waals surface area contributed by atoms with Crippen LogP contribution in [0.4, 0.5) is 5.69 Å². The van der Waals surface area contributed by atoms with E-state index < -0.39 is 6.04 Å². The van der Waals surface area contributed by atoms with Gasteiger partial charge in [-0.05, 0) is 54.2 Å². The maximum atomic E-state index is 13.7. The third-order valence-electron chi connectivity index (χ3n) is 9.52. The lowest BCUT2D eigenvalue weighted by atomic mass is 9.79. The van der Waals surface area contributed by atoms with E-state index in [1.54, 1.807) is 32.4 Å². The van der Waals surface area contributed by atoms with Gasteiger partial charge in [0.2, 0.25) is 17.7 Å². The summed E-state index contributed by atoms with van der Waals surface area (Å²) in [7, 11) is 1.71. The number of aryl methyl sites for hydroxylation is 1. The molecule has 3 aromatic rings. The standard InChI is InChI=1S/C36H48N8O4/c1-3-33(45)41-31(36(48)44-20-18-43(19-21-44)25-27-8-7-16-37-23-27)22-26-11-13-29(14-12-26)40-34(46)30(28-9-5-4-6-10-28)24-38-35(47)32-15-17-39-42(32)2/h7-8,11-17,23,28,30-31H,3-6,9-10,18-22,24-25H2,1-2H3,(H,38,47)(H,40,46)(H,41,45)/t30?,31-/m1/s1. The SMILES string of the molecule is CCC(=O)N[C@H](Cc1ccc(NC(=O)C(CNC(=O)c2ccnn2C)C2CCCCC2)cc1)C(=O)N1CCN(Cc2cccnc2)CC1. The number of benzene rings is 1. The van der Waals surface area contributed by atoms with Crippen LogP contribution in [0.5, 0.6) is 0 Å². The largest absolute Gasteiger partial charge is 0.350 e. The van der Waals surface area contributed by atoms with Crippen molar-refractivity contribution in [2.24, 2.45) is 18.9 Å². The van der Waals surface area contributed by atoms with E-state index >= 15 is 0 Å². The van der Waals surface area contributed by atoms with Crippen LogP contribution in [0.2, 0.25) is 0 Å². The van der Waals surface area contributed by atoms with Gasteiger partial charge in [0.25, 0.3) is 5.91 Å². The van der Waals surface area contributed by atoms with Gasteiger partial charge in [0.05, 0.1) is 5.92 Å². The van der Waals surface area contributed by atoms with E-state index in [4.69, 9.17) is 0 Å². The van der Waals surface area contributed by atoms with E-state index in [2.05, 4.69) is 37.0 Å². The van der Waals surface area contributed by atoms with E-state index in [0.717, 1.165) is 62.9 Å². The van der Waals surface area contributed by atoms with Gasteiger partial charge in [0.1, 0.15) is 11.7 Å². The first kappa shape index (κ1) is 34.7. The summed E-state index contributed by atoms with van der Waals surface area (Å²) in [5, 5.41) is 13.0. The van der Waals surface area contributed by atoms with Crippen molar-refractivity contribution in [3.8, 4) is 0 Å². The van der Waals surface area contributed by atoms with E-state index in [0.29, 0.717) is 37.3 Å². The van der Waals surface area contributed by atoms with Crippen LogP contribution >= 0.6 is 0 Å². The Morgan fingerprint density at radius 3 is 2.31 bits per heavy atom. The number of pyridine rings is 1. The quantitative estimate of drug-likeness (QED) is 0.257. The minimum atomic E-state index is -0.679. The fourth-order valence-corrected chi connectivity index (χ4v) is 6.69. The maximum absolute atomic E-state index is 13.7. The molecule has 2 aromatic heterocycles. The number of nitrogens with one attached hydrogen (secondary N) is 3. The number of carbonyl (C=O) groups is 4. The number of amides is 4. The van der Waals surface area contributed by atoms with Crippen LogP contribution in [0.25, 0.3) is 0 Å². The van der Waals surface area contributed by atoms with Gasteiger partial charge in [0, 0.05) is 83.4 Å². The number of piperazine rings is 1. The number of anilines is 1. The molecule has 2 atom stereocenters. The molecule has 0 bridgehead atoms. The summed E-state index contributed by atoms with van der Waals surface area (Å²) in [6.07, 6.45) is 11.1. The van der Waals surface area contributed by atoms with Crippen molar-refractivity contribution < 1.29 is 19.2 Å². The lowest BCUT2D eigenvalue weighted by molar-refractivity contribution is -0.138. The van der Waals surface area contributed by atoms with Crippen LogP contribution < -0.4 is 16.0 Å². The smallest absolute Gasteiger partial charge is 0.269 e. The first-order valence-electron chi connectivity index (χ1n) is 17.2. The molecule has 3 heterocycles. The average molecular weight is 657 g/mol. The highest BCUT2D eigenvalue weighted by Crippen LogP contribution is 2.31. The Kier molecular flexibility index (Phi) is 12.3. The minimum Gasteiger partial charge on any atom is -0.350 e. The third-order valence-corrected chi connectivity index (χ3v) is 9.52. The van der Waals surface area contributed by atoms with Crippen LogP contribution in [0, 0.1) is 11.8 Å². The molecule has 1 aromatic carbocycles. The van der Waals surface area contributed by atoms with Crippen LogP contribution in [-0.4, -0.2) is 87.0 Å². The summed E-state index contributed by atoms with van der Waals surface area (Å²) in [4.78, 5) is 60.8. The highest BCUT2D eigenvalue weighted by Gasteiger charge is 2.31. The molecule has 0 spiro atoms. The zero-order valence-corrected chi connectivity index (χ0v) is 28.1. The number of hydrogen-bond donors (Lipinski definition) is 3. The average Bonchev–Trinajstić information content (AvgIpc) is 3.55. The molecule has 0 radical (unpaired) electrons. The van der Waals surface area contributed by atoms with Crippen molar-refractivity contribution >= 4 is 29.3 Å². The Bertz CT molecular complexity index is 1510. The fourth-order valence-electron chi connectivity index (χ4n) is 6.69. The summed E-state index contributed by atoms with van der Waals surface area (Å²) in [6, 6.07) is 12.4. The van der Waals surface area contributed by atoms with Gasteiger partial charge in [-0.1, -0.05) is 44.4 Å². The molecular formula is C36H48N8O4. The van der Waals surface area contributed by atoms with Crippen LogP contribution in [-0.2, 0) is 34.4 Å². The molecule has 12 nitrogen and oxygen atoms in total. The van der Waals surface area contributed by atoms with E-state index in [1.165, 1.54) is 4.68 Å². The Morgan fingerprint density at radius 1 is 0.917 bits per heavy atom. The second-order valence-corrected chi connectivity index (χ2v) is 12.9. The molecule has 1 saturated carbocycles. The van der Waals surface area contributed by atoms with Crippen molar-refractivity contribution in [3.63, 3.8) is 0 Å². The first-order valence-corrected chi connectivity index (χ1v) is 17.2. The monoisotopic (exact) mass is 656 g/mol. The lowest BCUT2D eigenvalue weighted by Crippen LogP contribution is -2.55. The van der Waals surface area contributed by atoms with Crippen LogP contribution in [0.1, 0.15) is 67.1 Å². The highest BCUT2D eigenvalue weighted by atomic mass is 16.2. The molecule has 48 heavy (non-hydrogen) atoms. The van der Waals surface area contributed by atoms with Crippen molar-refractivity contribution in [2.45, 2.75) is 64.5 Å². The molecule has 3 N–H and O–H groups in total. The summed E-state index contributed by atoms with van der Waals surface area (Å²) in [5.74, 6) is -0.797. The number of carbonyl (C=O) groups excluding carboxylic acids is 4. The molecule has 2 aliphatic rings. The van der Waals surface area contributed by atoms with Crippen molar-refractivity contribution in [3.05, 3.63) is 77.9 Å². The van der Waals surface area contributed by atoms with Crippen LogP contribution in [0.3, 0.4) is 0 Å². The van der Waals surface area contributed by atoms with E-state index in [-0.39, 0.29) is 42.0 Å². The lowest BCUT2D eigenvalue weighted by Gasteiger charge is -2.36. The maximum Gasteiger partial charge on any atom is 0.269 e. The van der Waals surface area contributed by atoms with Gasteiger partial charge in [-0.2, -0.15) is 5.10 Å². The molecule has 1 aliphatic carbocycles. The summed E-state index contributed by atoms with van der Waals surface area (Å²) in [6.45, 7) is 5.49. The van der Waals surface area contributed by atoms with Crippen molar-refractivity contribution in [2.75, 3.05) is 38.0 Å². The van der Waals surface area contributed by atoms with Gasteiger partial charge in [-0.15, -0.1) is 0 Å². The zero-order valence-electron chi connectivity index (χ0n) is 28.1. The number of aromatic nitrogens is 3. The van der Waals surface area contributed by atoms with E-state index in [1.807, 2.05) is 41.4 Å². The first-order chi connectivity index (χ1) is 23.3. The fraction of sp³-hybridized carbons (Fsp3) is 0.500. The summed E-state index contributed by atoms with van der Waals surface area (Å²) >= 11 is 0. The highest BCUT2D eigenvalue weighted by molar-refractivity contribution is 5.95. The predicted molar refractivity (Wildman–Crippen MR) is 183 cm³/mol. The van der Waals surface area contributed by atoms with Crippen molar-refractivity contribution in [1.82, 2.24) is 35.2 Å².